The quantitative estimate of drug-likeness (QED) is 0.648. The van der Waals surface area contributed by atoms with Gasteiger partial charge in [-0.25, -0.2) is 0 Å². The van der Waals surface area contributed by atoms with Crippen LogP contribution < -0.4 is 10.6 Å². The highest BCUT2D eigenvalue weighted by Gasteiger charge is 2.25. The Kier molecular flexibility index (Phi) is 5.79. The lowest BCUT2D eigenvalue weighted by atomic mass is 9.89. The molecule has 3 aromatic rings. The van der Waals surface area contributed by atoms with Gasteiger partial charge in [-0.05, 0) is 31.2 Å². The molecule has 2 amide bonds. The second kappa shape index (κ2) is 8.26. The molecule has 2 N–H and O–H groups in total. The van der Waals surface area contributed by atoms with Crippen LogP contribution in [0.2, 0.25) is 0 Å². The van der Waals surface area contributed by atoms with Crippen LogP contribution in [0.3, 0.4) is 0 Å². The summed E-state index contributed by atoms with van der Waals surface area (Å²) < 4.78 is 0. The van der Waals surface area contributed by atoms with Crippen LogP contribution in [-0.2, 0) is 15.0 Å². The predicted octanol–water partition coefficient (Wildman–Crippen LogP) is 2.94. The first-order valence-electron chi connectivity index (χ1n) is 8.74. The molecular weight excluding hydrogens is 374 g/mol. The van der Waals surface area contributed by atoms with Gasteiger partial charge in [-0.15, -0.1) is 11.3 Å². The molecule has 0 aromatic carbocycles. The van der Waals surface area contributed by atoms with E-state index in [1.807, 2.05) is 32.9 Å². The molecule has 0 spiro atoms. The van der Waals surface area contributed by atoms with Gasteiger partial charge in [-0.2, -0.15) is 0 Å². The van der Waals surface area contributed by atoms with E-state index in [0.29, 0.717) is 11.4 Å². The second-order valence-electron chi connectivity index (χ2n) is 6.92. The van der Waals surface area contributed by atoms with Crippen molar-refractivity contribution < 1.29 is 9.59 Å². The van der Waals surface area contributed by atoms with Crippen molar-refractivity contribution in [2.75, 3.05) is 11.9 Å². The Hall–Kier alpha value is -3.13. The number of anilines is 1. The molecule has 0 fully saturated rings. The van der Waals surface area contributed by atoms with Gasteiger partial charge < -0.3 is 10.6 Å². The maximum Gasteiger partial charge on any atom is 0.313 e. The third-order valence-electron chi connectivity index (χ3n) is 4.18. The number of pyridine rings is 1. The molecule has 7 nitrogen and oxygen atoms in total. The van der Waals surface area contributed by atoms with Crippen LogP contribution in [0.1, 0.15) is 24.4 Å². The zero-order valence-electron chi connectivity index (χ0n) is 15.9. The van der Waals surface area contributed by atoms with E-state index in [-0.39, 0.29) is 6.54 Å². The number of nitrogens with one attached hydrogen (secondary N) is 2. The van der Waals surface area contributed by atoms with Crippen molar-refractivity contribution in [3.8, 4) is 10.6 Å². The zero-order valence-corrected chi connectivity index (χ0v) is 16.7. The number of carbonyl (C=O) groups is 2. The second-order valence-corrected chi connectivity index (χ2v) is 8.21. The summed E-state index contributed by atoms with van der Waals surface area (Å²) in [6.45, 7) is 6.10. The molecule has 144 valence electrons. The van der Waals surface area contributed by atoms with Crippen LogP contribution in [-0.4, -0.2) is 33.3 Å². The Morgan fingerprint density at radius 2 is 1.89 bits per heavy atom. The highest BCUT2D eigenvalue weighted by molar-refractivity contribution is 7.15. The van der Waals surface area contributed by atoms with Crippen LogP contribution >= 0.6 is 11.3 Å². The normalized spacial score (nSPS) is 11.1. The van der Waals surface area contributed by atoms with E-state index < -0.39 is 17.2 Å². The number of carbonyl (C=O) groups excluding carboxylic acids is 2. The van der Waals surface area contributed by atoms with E-state index in [2.05, 4.69) is 25.6 Å². The Labute approximate surface area is 167 Å². The zero-order chi connectivity index (χ0) is 20.1. The number of thiophene rings is 1. The fraction of sp³-hybridized carbons (Fsp3) is 0.250. The van der Waals surface area contributed by atoms with Crippen molar-refractivity contribution in [1.82, 2.24) is 20.3 Å². The molecule has 0 saturated carbocycles. The van der Waals surface area contributed by atoms with Crippen molar-refractivity contribution in [1.29, 1.82) is 0 Å². The molecule has 0 aliphatic rings. The van der Waals surface area contributed by atoms with Gasteiger partial charge in [0.25, 0.3) is 0 Å². The van der Waals surface area contributed by atoms with Crippen molar-refractivity contribution in [3.05, 3.63) is 59.6 Å². The molecule has 0 aliphatic carbocycles. The molecule has 3 aromatic heterocycles. The molecule has 0 radical (unpaired) electrons. The lowest BCUT2D eigenvalue weighted by molar-refractivity contribution is -0.136. The molecule has 0 saturated heterocycles. The number of rotatable bonds is 5. The minimum absolute atomic E-state index is 0.252. The third kappa shape index (κ3) is 4.58. The van der Waals surface area contributed by atoms with Crippen LogP contribution in [0.15, 0.2) is 49.1 Å². The molecule has 28 heavy (non-hydrogen) atoms. The van der Waals surface area contributed by atoms with E-state index in [1.54, 1.807) is 48.3 Å². The summed E-state index contributed by atoms with van der Waals surface area (Å²) in [6.07, 6.45) is 6.49. The van der Waals surface area contributed by atoms with Gasteiger partial charge in [0, 0.05) is 41.6 Å². The number of aryl methyl sites for hydroxylation is 1. The summed E-state index contributed by atoms with van der Waals surface area (Å²) >= 11 is 1.57. The molecule has 0 aliphatic heterocycles. The van der Waals surface area contributed by atoms with Crippen molar-refractivity contribution in [2.45, 2.75) is 26.2 Å². The maximum absolute atomic E-state index is 12.4. The number of hydrogen-bond donors (Lipinski definition) is 2. The molecule has 0 atom stereocenters. The molecule has 0 bridgehead atoms. The molecule has 3 heterocycles. The first-order chi connectivity index (χ1) is 13.4. The smallest absolute Gasteiger partial charge is 0.313 e. The number of aromatic nitrogens is 3. The van der Waals surface area contributed by atoms with Gasteiger partial charge in [0.2, 0.25) is 0 Å². The summed E-state index contributed by atoms with van der Waals surface area (Å²) in [4.78, 5) is 39.4. The fourth-order valence-electron chi connectivity index (χ4n) is 2.56. The van der Waals surface area contributed by atoms with Crippen LogP contribution in [0, 0.1) is 6.92 Å². The highest BCUT2D eigenvalue weighted by atomic mass is 32.1. The van der Waals surface area contributed by atoms with E-state index in [1.165, 1.54) is 0 Å². The SMILES string of the molecule is Cc1ccc(-c2ncccc2NC(=O)C(=O)NCC(C)(C)c2cnccn2)s1. The van der Waals surface area contributed by atoms with Gasteiger partial charge in [-0.3, -0.25) is 24.5 Å². The third-order valence-corrected chi connectivity index (χ3v) is 5.19. The largest absolute Gasteiger partial charge is 0.347 e. The van der Waals surface area contributed by atoms with Gasteiger partial charge in [0.05, 0.1) is 16.3 Å². The monoisotopic (exact) mass is 395 g/mol. The molecule has 3 rings (SSSR count). The topological polar surface area (TPSA) is 96.9 Å². The minimum Gasteiger partial charge on any atom is -0.347 e. The fourth-order valence-corrected chi connectivity index (χ4v) is 3.44. The Bertz CT molecular complexity index is 985. The predicted molar refractivity (Wildman–Crippen MR) is 109 cm³/mol. The Morgan fingerprint density at radius 3 is 2.57 bits per heavy atom. The highest BCUT2D eigenvalue weighted by Crippen LogP contribution is 2.31. The van der Waals surface area contributed by atoms with Crippen molar-refractivity contribution in [3.63, 3.8) is 0 Å². The maximum atomic E-state index is 12.4. The lowest BCUT2D eigenvalue weighted by Crippen LogP contribution is -2.42. The van der Waals surface area contributed by atoms with Crippen LogP contribution in [0.25, 0.3) is 10.6 Å². The van der Waals surface area contributed by atoms with Gasteiger partial charge >= 0.3 is 11.8 Å². The number of nitrogens with zero attached hydrogens (tertiary/aromatic N) is 3. The summed E-state index contributed by atoms with van der Waals surface area (Å²) in [7, 11) is 0. The van der Waals surface area contributed by atoms with Crippen molar-refractivity contribution >= 4 is 28.8 Å². The van der Waals surface area contributed by atoms with Gasteiger partial charge in [0.1, 0.15) is 5.69 Å². The molecular formula is C20H21N5O2S. The van der Waals surface area contributed by atoms with Crippen LogP contribution in [0.5, 0.6) is 0 Å². The minimum atomic E-state index is -0.738. The average molecular weight is 395 g/mol. The first-order valence-corrected chi connectivity index (χ1v) is 9.56. The number of hydrogen-bond acceptors (Lipinski definition) is 6. The molecule has 0 unspecified atom stereocenters. The molecule has 8 heteroatoms. The summed E-state index contributed by atoms with van der Waals surface area (Å²) in [5, 5.41) is 5.33. The summed E-state index contributed by atoms with van der Waals surface area (Å²) in [5.74, 6) is -1.45. The Balaban J connectivity index is 1.66. The van der Waals surface area contributed by atoms with Crippen LogP contribution in [0.4, 0.5) is 5.69 Å². The van der Waals surface area contributed by atoms with Crippen molar-refractivity contribution in [2.24, 2.45) is 0 Å². The van der Waals surface area contributed by atoms with E-state index >= 15 is 0 Å². The Morgan fingerprint density at radius 1 is 1.07 bits per heavy atom. The summed E-state index contributed by atoms with van der Waals surface area (Å²) in [6, 6.07) is 7.38. The van der Waals surface area contributed by atoms with E-state index in [4.69, 9.17) is 0 Å². The lowest BCUT2D eigenvalue weighted by Gasteiger charge is -2.23. The first kappa shape index (κ1) is 19.6. The van der Waals surface area contributed by atoms with Gasteiger partial charge in [-0.1, -0.05) is 13.8 Å². The standard InChI is InChI=1S/C20H21N5O2S/c1-13-6-7-15(28-13)17-14(5-4-8-23-17)25-19(27)18(26)24-12-20(2,3)16-11-21-9-10-22-16/h4-11H,12H2,1-3H3,(H,24,26)(H,25,27). The van der Waals surface area contributed by atoms with E-state index in [9.17, 15) is 9.59 Å². The average Bonchev–Trinajstić information content (AvgIpc) is 3.13. The van der Waals surface area contributed by atoms with E-state index in [0.717, 1.165) is 15.4 Å². The summed E-state index contributed by atoms with van der Waals surface area (Å²) in [5.41, 5.74) is 1.41. The number of amides is 2. The van der Waals surface area contributed by atoms with Gasteiger partial charge in [0.15, 0.2) is 0 Å².